The Hall–Kier alpha value is 1.67. The molecule has 0 aliphatic carbocycles. The molecule has 2 atom stereocenters. The van der Waals surface area contributed by atoms with E-state index in [9.17, 15) is 0 Å². The summed E-state index contributed by atoms with van der Waals surface area (Å²) in [5.41, 5.74) is 0. The van der Waals surface area contributed by atoms with Crippen molar-refractivity contribution < 1.29 is 0 Å². The van der Waals surface area contributed by atoms with Crippen LogP contribution in [0.3, 0.4) is 0 Å². The molecule has 0 saturated carbocycles. The molecule has 0 aliphatic rings. The second-order valence-corrected chi connectivity index (χ2v) is 12.0. The van der Waals surface area contributed by atoms with Crippen LogP contribution in [0.15, 0.2) is 0 Å². The molecule has 56 valence electrons. The molecular formula is C3H5Cl5Si. The molecule has 9 heavy (non-hydrogen) atoms. The zero-order valence-electron chi connectivity index (χ0n) is 4.54. The predicted octanol–water partition coefficient (Wildman–Crippen LogP) is 3.42. The first-order valence-electron chi connectivity index (χ1n) is 2.20. The van der Waals surface area contributed by atoms with E-state index < -0.39 is 11.0 Å². The lowest BCUT2D eigenvalue weighted by Crippen LogP contribution is -2.32. The van der Waals surface area contributed by atoms with Crippen molar-refractivity contribution in [1.29, 1.82) is 0 Å². The van der Waals surface area contributed by atoms with Crippen LogP contribution in [-0.4, -0.2) is 16.4 Å². The molecule has 2 unspecified atom stereocenters. The van der Waals surface area contributed by atoms with E-state index >= 15 is 0 Å². The van der Waals surface area contributed by atoms with Gasteiger partial charge in [0.2, 0.25) is 0 Å². The summed E-state index contributed by atoms with van der Waals surface area (Å²) in [6, 6.07) is -2.77. The molecular weight excluding hydrogens is 241 g/mol. The predicted molar refractivity (Wildman–Crippen MR) is 48.3 cm³/mol. The highest BCUT2D eigenvalue weighted by atomic mass is 35.8. The van der Waals surface area contributed by atoms with Gasteiger partial charge in [-0.2, -0.15) is 0 Å². The van der Waals surface area contributed by atoms with E-state index in [1.165, 1.54) is 0 Å². The number of hydrogen-bond acceptors (Lipinski definition) is 0. The Labute approximate surface area is 79.5 Å². The standard InChI is InChI=1S/C3H5Cl5Si/c1-2(4)3(5)9(6,7)8/h2-3H,1H3. The molecule has 0 aromatic carbocycles. The Bertz CT molecular complexity index is 86.7. The van der Waals surface area contributed by atoms with Crippen LogP contribution in [0, 0.1) is 0 Å². The highest BCUT2D eigenvalue weighted by Gasteiger charge is 2.38. The van der Waals surface area contributed by atoms with Gasteiger partial charge in [-0.05, 0) is 6.92 Å². The van der Waals surface area contributed by atoms with Gasteiger partial charge < -0.3 is 0 Å². The molecule has 0 heterocycles. The third-order valence-corrected chi connectivity index (χ3v) is 6.91. The quantitative estimate of drug-likeness (QED) is 0.398. The van der Waals surface area contributed by atoms with Gasteiger partial charge in [0.25, 0.3) is 0 Å². The van der Waals surface area contributed by atoms with Gasteiger partial charge in [-0.25, -0.2) is 0 Å². The van der Waals surface area contributed by atoms with Crippen LogP contribution in [0.25, 0.3) is 0 Å². The SMILES string of the molecule is CC(Cl)C(Cl)[Si](Cl)(Cl)Cl. The Morgan fingerprint density at radius 1 is 1.11 bits per heavy atom. The van der Waals surface area contributed by atoms with E-state index in [2.05, 4.69) is 0 Å². The second kappa shape index (κ2) is 3.89. The lowest BCUT2D eigenvalue weighted by molar-refractivity contribution is 1.04. The normalized spacial score (nSPS) is 19.3. The lowest BCUT2D eigenvalue weighted by atomic mass is 10.6. The van der Waals surface area contributed by atoms with Crippen LogP contribution in [0.2, 0.25) is 0 Å². The molecule has 0 bridgehead atoms. The first kappa shape index (κ1) is 10.7. The van der Waals surface area contributed by atoms with Crippen LogP contribution in [0.4, 0.5) is 0 Å². The van der Waals surface area contributed by atoms with Crippen LogP contribution < -0.4 is 0 Å². The molecule has 0 rings (SSSR count). The first-order chi connectivity index (χ1) is 3.85. The fourth-order valence-electron chi connectivity index (χ4n) is 0.260. The highest BCUT2D eigenvalue weighted by molar-refractivity contribution is 7.66. The Morgan fingerprint density at radius 2 is 1.44 bits per heavy atom. The van der Waals surface area contributed by atoms with Crippen molar-refractivity contribution in [2.24, 2.45) is 0 Å². The van der Waals surface area contributed by atoms with Gasteiger partial charge in [0.1, 0.15) is 0 Å². The molecule has 0 spiro atoms. The molecule has 0 aromatic rings. The van der Waals surface area contributed by atoms with Crippen molar-refractivity contribution in [2.75, 3.05) is 0 Å². The molecule has 0 N–H and O–H groups in total. The fraction of sp³-hybridized carbons (Fsp3) is 1.00. The molecule has 0 fully saturated rings. The van der Waals surface area contributed by atoms with Crippen molar-refractivity contribution in [2.45, 2.75) is 17.3 Å². The third kappa shape index (κ3) is 4.17. The highest BCUT2D eigenvalue weighted by Crippen LogP contribution is 2.31. The smallest absolute Gasteiger partial charge is 0.124 e. The van der Waals surface area contributed by atoms with Gasteiger partial charge in [0.05, 0.1) is 5.00 Å². The summed E-state index contributed by atoms with van der Waals surface area (Å²) in [5.74, 6) is 0. The summed E-state index contributed by atoms with van der Waals surface area (Å²) in [6.45, 7) is 1.70. The number of hydrogen-bond donors (Lipinski definition) is 0. The van der Waals surface area contributed by atoms with Gasteiger partial charge in [-0.15, -0.1) is 56.4 Å². The lowest BCUT2D eigenvalue weighted by Gasteiger charge is -2.16. The van der Waals surface area contributed by atoms with E-state index in [1.54, 1.807) is 6.92 Å². The number of halogens is 5. The molecule has 0 saturated heterocycles. The summed E-state index contributed by atoms with van der Waals surface area (Å²) < 4.78 is 0. The topological polar surface area (TPSA) is 0 Å². The van der Waals surface area contributed by atoms with Crippen LogP contribution >= 0.6 is 56.4 Å². The minimum atomic E-state index is -2.77. The van der Waals surface area contributed by atoms with Gasteiger partial charge in [-0.1, -0.05) is 0 Å². The van der Waals surface area contributed by atoms with Crippen molar-refractivity contribution in [3.05, 3.63) is 0 Å². The average Bonchev–Trinajstić information content (AvgIpc) is 1.62. The van der Waals surface area contributed by atoms with Gasteiger partial charge in [0.15, 0.2) is 0 Å². The van der Waals surface area contributed by atoms with E-state index in [1.807, 2.05) is 0 Å². The number of alkyl halides is 2. The van der Waals surface area contributed by atoms with Crippen molar-refractivity contribution >= 4 is 62.4 Å². The first-order valence-corrected chi connectivity index (χ1v) is 8.19. The maximum absolute atomic E-state index is 5.63. The zero-order chi connectivity index (χ0) is 7.65. The Morgan fingerprint density at radius 3 is 1.44 bits per heavy atom. The van der Waals surface area contributed by atoms with Crippen LogP contribution in [0.1, 0.15) is 6.92 Å². The van der Waals surface area contributed by atoms with Gasteiger partial charge in [0, 0.05) is 5.38 Å². The molecule has 0 aromatic heterocycles. The summed E-state index contributed by atoms with van der Waals surface area (Å²) >= 11 is 27.8. The van der Waals surface area contributed by atoms with Crippen molar-refractivity contribution in [3.63, 3.8) is 0 Å². The van der Waals surface area contributed by atoms with E-state index in [0.717, 1.165) is 0 Å². The molecule has 0 aliphatic heterocycles. The number of rotatable bonds is 2. The molecule has 6 heteroatoms. The fourth-order valence-corrected chi connectivity index (χ4v) is 3.63. The third-order valence-electron chi connectivity index (χ3n) is 0.716. The Kier molecular flexibility index (Phi) is 4.61. The Balaban J connectivity index is 3.88. The largest absolute Gasteiger partial charge is 0.359 e. The second-order valence-electron chi connectivity index (χ2n) is 1.62. The summed E-state index contributed by atoms with van der Waals surface area (Å²) in [4.78, 5) is 0. The maximum Gasteiger partial charge on any atom is 0.359 e. The molecule has 0 nitrogen and oxygen atoms in total. The summed E-state index contributed by atoms with van der Waals surface area (Å²) in [7, 11) is 0. The van der Waals surface area contributed by atoms with Gasteiger partial charge >= 0.3 is 6.00 Å². The minimum absolute atomic E-state index is 0.286. The average molecular weight is 246 g/mol. The molecule has 0 amide bonds. The molecule has 0 radical (unpaired) electrons. The maximum atomic E-state index is 5.63. The van der Waals surface area contributed by atoms with Crippen LogP contribution in [0.5, 0.6) is 0 Å². The van der Waals surface area contributed by atoms with Gasteiger partial charge in [-0.3, -0.25) is 0 Å². The van der Waals surface area contributed by atoms with E-state index in [0.29, 0.717) is 0 Å². The summed E-state index contributed by atoms with van der Waals surface area (Å²) in [5, 5.41) is -0.796. The van der Waals surface area contributed by atoms with E-state index in [-0.39, 0.29) is 5.38 Å². The zero-order valence-corrected chi connectivity index (χ0v) is 9.32. The van der Waals surface area contributed by atoms with Crippen molar-refractivity contribution in [3.8, 4) is 0 Å². The minimum Gasteiger partial charge on any atom is -0.124 e. The van der Waals surface area contributed by atoms with Crippen molar-refractivity contribution in [1.82, 2.24) is 0 Å². The van der Waals surface area contributed by atoms with Crippen LogP contribution in [-0.2, 0) is 0 Å². The summed E-state index contributed by atoms with van der Waals surface area (Å²) in [6.07, 6.45) is 0. The van der Waals surface area contributed by atoms with E-state index in [4.69, 9.17) is 56.4 Å². The monoisotopic (exact) mass is 244 g/mol.